The van der Waals surface area contributed by atoms with Gasteiger partial charge >= 0.3 is 11.9 Å². The van der Waals surface area contributed by atoms with Crippen LogP contribution < -0.4 is 4.90 Å². The van der Waals surface area contributed by atoms with Crippen molar-refractivity contribution in [2.45, 2.75) is 32.6 Å². The van der Waals surface area contributed by atoms with Crippen LogP contribution in [-0.4, -0.2) is 70.2 Å². The number of fused-ring (bicyclic) bond motifs is 3. The number of nitrogens with zero attached hydrogens (tertiary/aromatic N) is 4. The molecular weight excluding hydrogens is 368 g/mol. The van der Waals surface area contributed by atoms with E-state index >= 15 is 0 Å². The predicted molar refractivity (Wildman–Crippen MR) is 104 cm³/mol. The average molecular weight is 392 g/mol. The molecule has 2 aromatic heterocycles. The molecule has 1 saturated heterocycles. The Morgan fingerprint density at radius 3 is 2.33 bits per heavy atom. The number of hydrogen-bond donors (Lipinski definition) is 2. The lowest BCUT2D eigenvalue weighted by molar-refractivity contribution is -0.159. The number of anilines is 1. The maximum Gasteiger partial charge on any atom is 0.414 e. The van der Waals surface area contributed by atoms with Crippen LogP contribution in [-0.2, 0) is 28.9 Å². The quantitative estimate of drug-likeness (QED) is 0.743. The van der Waals surface area contributed by atoms with Gasteiger partial charge in [0.1, 0.15) is 16.5 Å². The van der Waals surface area contributed by atoms with Gasteiger partial charge in [-0.25, -0.2) is 19.6 Å². The minimum absolute atomic E-state index is 0.916. The van der Waals surface area contributed by atoms with Crippen LogP contribution in [0.1, 0.15) is 29.6 Å². The molecule has 0 atom stereocenters. The molecule has 0 unspecified atom stereocenters. The predicted octanol–water partition coefficient (Wildman–Crippen LogP) is 1.65. The number of aryl methyl sites for hydroxylation is 3. The summed E-state index contributed by atoms with van der Waals surface area (Å²) in [6.07, 6.45) is 4.67. The third kappa shape index (κ3) is 4.19. The van der Waals surface area contributed by atoms with Crippen molar-refractivity contribution in [1.29, 1.82) is 0 Å². The molecule has 4 rings (SSSR count). The molecule has 2 aromatic rings. The average Bonchev–Trinajstić information content (AvgIpc) is 3.22. The minimum Gasteiger partial charge on any atom is -0.473 e. The fourth-order valence-electron chi connectivity index (χ4n) is 3.42. The van der Waals surface area contributed by atoms with Gasteiger partial charge in [0.15, 0.2) is 0 Å². The van der Waals surface area contributed by atoms with Gasteiger partial charge in [0.2, 0.25) is 0 Å². The van der Waals surface area contributed by atoms with E-state index in [9.17, 15) is 0 Å². The third-order valence-electron chi connectivity index (χ3n) is 4.89. The molecule has 0 spiro atoms. The molecule has 27 heavy (non-hydrogen) atoms. The summed E-state index contributed by atoms with van der Waals surface area (Å²) in [4.78, 5) is 35.6. The Balaban J connectivity index is 0.000000307. The largest absolute Gasteiger partial charge is 0.473 e. The van der Waals surface area contributed by atoms with Crippen molar-refractivity contribution in [3.05, 3.63) is 16.3 Å². The standard InChI is InChI=1S/C16H22N4S.C2H2O4/c1-3-13-17-15(20-9-7-19(2)8-10-20)14-11-5-4-6-12(11)21-16(14)18-13;3-1(4)2(5)6/h3-10H2,1-2H3;(H,3,4)(H,5,6). The van der Waals surface area contributed by atoms with Gasteiger partial charge in [-0.3, -0.25) is 0 Å². The molecule has 2 aliphatic rings. The number of carboxylic acid groups (broad SMARTS) is 2. The third-order valence-corrected chi connectivity index (χ3v) is 6.08. The van der Waals surface area contributed by atoms with E-state index in [1.165, 1.54) is 35.3 Å². The number of rotatable bonds is 2. The summed E-state index contributed by atoms with van der Waals surface area (Å²) in [6.45, 7) is 6.56. The van der Waals surface area contributed by atoms with Gasteiger partial charge < -0.3 is 20.0 Å². The Kier molecular flexibility index (Phi) is 5.91. The first-order valence-electron chi connectivity index (χ1n) is 9.11. The second-order valence-electron chi connectivity index (χ2n) is 6.76. The SMILES string of the molecule is CCc1nc(N2CCN(C)CC2)c2c3c(sc2n1)CCC3.O=C(O)C(=O)O. The van der Waals surface area contributed by atoms with Crippen molar-refractivity contribution in [3.8, 4) is 0 Å². The van der Waals surface area contributed by atoms with Crippen molar-refractivity contribution in [3.63, 3.8) is 0 Å². The molecule has 0 amide bonds. The Hall–Kier alpha value is -2.26. The highest BCUT2D eigenvalue weighted by Crippen LogP contribution is 2.40. The molecule has 1 fully saturated rings. The zero-order valence-electron chi connectivity index (χ0n) is 15.6. The van der Waals surface area contributed by atoms with Crippen LogP contribution in [0.2, 0.25) is 0 Å². The number of hydrogen-bond acceptors (Lipinski definition) is 7. The van der Waals surface area contributed by atoms with Gasteiger partial charge in [-0.05, 0) is 31.9 Å². The zero-order valence-corrected chi connectivity index (χ0v) is 16.4. The number of carboxylic acids is 2. The van der Waals surface area contributed by atoms with E-state index in [0.29, 0.717) is 0 Å². The highest BCUT2D eigenvalue weighted by molar-refractivity contribution is 7.19. The molecule has 0 aromatic carbocycles. The van der Waals surface area contributed by atoms with Crippen molar-refractivity contribution in [2.24, 2.45) is 0 Å². The molecule has 9 heteroatoms. The first kappa shape index (κ1) is 19.5. The van der Waals surface area contributed by atoms with Crippen molar-refractivity contribution in [2.75, 3.05) is 38.1 Å². The van der Waals surface area contributed by atoms with Crippen LogP contribution in [0.25, 0.3) is 10.2 Å². The molecule has 3 heterocycles. The fourth-order valence-corrected chi connectivity index (χ4v) is 4.70. The van der Waals surface area contributed by atoms with Gasteiger partial charge in [0, 0.05) is 37.5 Å². The summed E-state index contributed by atoms with van der Waals surface area (Å²) in [5.74, 6) is -1.44. The lowest BCUT2D eigenvalue weighted by Crippen LogP contribution is -2.45. The first-order chi connectivity index (χ1) is 12.9. The summed E-state index contributed by atoms with van der Waals surface area (Å²) < 4.78 is 0. The molecule has 1 aliphatic carbocycles. The number of aliphatic carboxylic acids is 2. The van der Waals surface area contributed by atoms with E-state index in [4.69, 9.17) is 29.8 Å². The molecule has 2 N–H and O–H groups in total. The summed E-state index contributed by atoms with van der Waals surface area (Å²) in [7, 11) is 2.20. The molecule has 146 valence electrons. The normalized spacial score (nSPS) is 16.7. The van der Waals surface area contributed by atoms with Crippen LogP contribution in [0.15, 0.2) is 0 Å². The van der Waals surface area contributed by atoms with Crippen LogP contribution in [0.5, 0.6) is 0 Å². The number of thiophene rings is 1. The van der Waals surface area contributed by atoms with Crippen LogP contribution in [0, 0.1) is 0 Å². The molecule has 0 saturated carbocycles. The Labute approximate surface area is 161 Å². The van der Waals surface area contributed by atoms with E-state index < -0.39 is 11.9 Å². The zero-order chi connectivity index (χ0) is 19.6. The van der Waals surface area contributed by atoms with Crippen molar-refractivity contribution in [1.82, 2.24) is 14.9 Å². The number of carbonyl (C=O) groups is 2. The summed E-state index contributed by atoms with van der Waals surface area (Å²) in [5.41, 5.74) is 1.55. The monoisotopic (exact) mass is 392 g/mol. The van der Waals surface area contributed by atoms with E-state index in [1.807, 2.05) is 11.3 Å². The second-order valence-corrected chi connectivity index (χ2v) is 7.84. The Morgan fingerprint density at radius 2 is 1.74 bits per heavy atom. The van der Waals surface area contributed by atoms with Gasteiger partial charge in [-0.2, -0.15) is 0 Å². The number of aromatic nitrogens is 2. The van der Waals surface area contributed by atoms with E-state index in [-0.39, 0.29) is 0 Å². The number of piperazine rings is 1. The molecule has 1 aliphatic heterocycles. The summed E-state index contributed by atoms with van der Waals surface area (Å²) in [5, 5.41) is 16.2. The van der Waals surface area contributed by atoms with Crippen LogP contribution in [0.4, 0.5) is 5.82 Å². The summed E-state index contributed by atoms with van der Waals surface area (Å²) in [6, 6.07) is 0. The summed E-state index contributed by atoms with van der Waals surface area (Å²) >= 11 is 1.91. The molecule has 0 bridgehead atoms. The van der Waals surface area contributed by atoms with Gasteiger partial charge in [-0.15, -0.1) is 11.3 Å². The lowest BCUT2D eigenvalue weighted by Gasteiger charge is -2.33. The second kappa shape index (κ2) is 8.18. The van der Waals surface area contributed by atoms with Gasteiger partial charge in [-0.1, -0.05) is 6.92 Å². The minimum atomic E-state index is -1.82. The van der Waals surface area contributed by atoms with Crippen molar-refractivity contribution >= 4 is 39.3 Å². The maximum atomic E-state index is 9.10. The van der Waals surface area contributed by atoms with E-state index in [0.717, 1.165) is 38.4 Å². The highest BCUT2D eigenvalue weighted by atomic mass is 32.1. The van der Waals surface area contributed by atoms with Crippen LogP contribution in [0.3, 0.4) is 0 Å². The molecular formula is C18H24N4O4S. The van der Waals surface area contributed by atoms with Crippen LogP contribution >= 0.6 is 11.3 Å². The van der Waals surface area contributed by atoms with Gasteiger partial charge in [0.25, 0.3) is 0 Å². The topological polar surface area (TPSA) is 107 Å². The molecule has 0 radical (unpaired) electrons. The van der Waals surface area contributed by atoms with E-state index in [2.05, 4.69) is 23.8 Å². The smallest absolute Gasteiger partial charge is 0.414 e. The molecule has 8 nitrogen and oxygen atoms in total. The Bertz CT molecular complexity index is 847. The highest BCUT2D eigenvalue weighted by Gasteiger charge is 2.25. The number of likely N-dealkylation sites (N-methyl/N-ethyl adjacent to an activating group) is 1. The van der Waals surface area contributed by atoms with Gasteiger partial charge in [0.05, 0.1) is 5.39 Å². The fraction of sp³-hybridized carbons (Fsp3) is 0.556. The van der Waals surface area contributed by atoms with Crippen molar-refractivity contribution < 1.29 is 19.8 Å². The maximum absolute atomic E-state index is 9.10. The Morgan fingerprint density at radius 1 is 1.07 bits per heavy atom. The lowest BCUT2D eigenvalue weighted by atomic mass is 10.1. The first-order valence-corrected chi connectivity index (χ1v) is 9.93. The van der Waals surface area contributed by atoms with E-state index in [1.54, 1.807) is 10.4 Å².